The Morgan fingerprint density at radius 3 is 2.43 bits per heavy atom. The Morgan fingerprint density at radius 2 is 1.93 bits per heavy atom. The summed E-state index contributed by atoms with van der Waals surface area (Å²) in [4.78, 5) is 0. The van der Waals surface area contributed by atoms with Crippen molar-refractivity contribution in [3.63, 3.8) is 0 Å². The zero-order chi connectivity index (χ0) is 11.0. The molecule has 0 saturated carbocycles. The van der Waals surface area contributed by atoms with Crippen LogP contribution in [0.2, 0.25) is 0 Å². The summed E-state index contributed by atoms with van der Waals surface area (Å²) >= 11 is 1.96. The third kappa shape index (κ3) is 7.65. The van der Waals surface area contributed by atoms with E-state index in [2.05, 4.69) is 33.0 Å². The van der Waals surface area contributed by atoms with Gasteiger partial charge in [-0.1, -0.05) is 20.8 Å². The number of rotatable bonds is 8. The zero-order valence-corrected chi connectivity index (χ0v) is 10.7. The second kappa shape index (κ2) is 8.57. The standard InChI is InChI=1S/C11H25NOS/c1-5-12-10(3)6-11(4)14-8-9(2)7-13/h9-13H,5-8H2,1-4H3. The molecule has 3 atom stereocenters. The van der Waals surface area contributed by atoms with Crippen molar-refractivity contribution in [2.75, 3.05) is 18.9 Å². The fraction of sp³-hybridized carbons (Fsp3) is 1.00. The van der Waals surface area contributed by atoms with Crippen molar-refractivity contribution < 1.29 is 5.11 Å². The largest absolute Gasteiger partial charge is 0.396 e. The molecule has 0 aromatic rings. The predicted octanol–water partition coefficient (Wildman–Crippen LogP) is 2.12. The van der Waals surface area contributed by atoms with Crippen LogP contribution in [0, 0.1) is 5.92 Å². The second-order valence-corrected chi connectivity index (χ2v) is 5.60. The van der Waals surface area contributed by atoms with Gasteiger partial charge >= 0.3 is 0 Å². The van der Waals surface area contributed by atoms with Gasteiger partial charge in [-0.05, 0) is 31.6 Å². The van der Waals surface area contributed by atoms with E-state index in [1.165, 1.54) is 6.42 Å². The number of hydrogen-bond donors (Lipinski definition) is 2. The number of aliphatic hydroxyl groups is 1. The van der Waals surface area contributed by atoms with Crippen molar-refractivity contribution in [1.29, 1.82) is 0 Å². The van der Waals surface area contributed by atoms with Crippen molar-refractivity contribution in [2.24, 2.45) is 5.92 Å². The molecule has 0 aliphatic rings. The van der Waals surface area contributed by atoms with Crippen LogP contribution >= 0.6 is 11.8 Å². The Labute approximate surface area is 92.9 Å². The van der Waals surface area contributed by atoms with E-state index in [9.17, 15) is 0 Å². The molecular weight excluding hydrogens is 194 g/mol. The highest BCUT2D eigenvalue weighted by Crippen LogP contribution is 2.18. The van der Waals surface area contributed by atoms with E-state index in [0.717, 1.165) is 12.3 Å². The van der Waals surface area contributed by atoms with Gasteiger partial charge in [0.1, 0.15) is 0 Å². The molecule has 0 aliphatic carbocycles. The average molecular weight is 219 g/mol. The van der Waals surface area contributed by atoms with Gasteiger partial charge in [-0.2, -0.15) is 11.8 Å². The second-order valence-electron chi connectivity index (χ2n) is 4.13. The van der Waals surface area contributed by atoms with Crippen LogP contribution in [-0.2, 0) is 0 Å². The van der Waals surface area contributed by atoms with Crippen molar-refractivity contribution in [3.8, 4) is 0 Å². The van der Waals surface area contributed by atoms with Crippen molar-refractivity contribution >= 4 is 11.8 Å². The molecule has 0 aromatic carbocycles. The SMILES string of the molecule is CCNC(C)CC(C)SCC(C)CO. The molecule has 2 nitrogen and oxygen atoms in total. The fourth-order valence-corrected chi connectivity index (χ4v) is 2.57. The first-order chi connectivity index (χ1) is 6.60. The molecule has 0 rings (SSSR count). The first-order valence-corrected chi connectivity index (χ1v) is 6.60. The van der Waals surface area contributed by atoms with E-state index in [0.29, 0.717) is 23.8 Å². The van der Waals surface area contributed by atoms with Crippen molar-refractivity contribution in [1.82, 2.24) is 5.32 Å². The fourth-order valence-electron chi connectivity index (χ4n) is 1.38. The number of hydrogen-bond acceptors (Lipinski definition) is 3. The molecule has 86 valence electrons. The lowest BCUT2D eigenvalue weighted by molar-refractivity contribution is 0.250. The number of nitrogens with one attached hydrogen (secondary N) is 1. The summed E-state index contributed by atoms with van der Waals surface area (Å²) in [6.07, 6.45) is 1.21. The van der Waals surface area contributed by atoms with Gasteiger partial charge < -0.3 is 10.4 Å². The summed E-state index contributed by atoms with van der Waals surface area (Å²) in [5.74, 6) is 1.49. The number of thioether (sulfide) groups is 1. The summed E-state index contributed by atoms with van der Waals surface area (Å²) in [5, 5.41) is 13.0. The van der Waals surface area contributed by atoms with Crippen LogP contribution in [0.1, 0.15) is 34.1 Å². The van der Waals surface area contributed by atoms with Crippen LogP contribution in [0.3, 0.4) is 0 Å². The van der Waals surface area contributed by atoms with Gasteiger partial charge in [-0.25, -0.2) is 0 Å². The molecule has 0 fully saturated rings. The maximum Gasteiger partial charge on any atom is 0.0464 e. The van der Waals surface area contributed by atoms with Gasteiger partial charge in [0.25, 0.3) is 0 Å². The molecule has 0 heterocycles. The molecule has 3 unspecified atom stereocenters. The maximum absolute atomic E-state index is 8.89. The molecule has 0 saturated heterocycles. The van der Waals surface area contributed by atoms with E-state index in [1.54, 1.807) is 0 Å². The minimum atomic E-state index is 0.308. The Kier molecular flexibility index (Phi) is 8.73. The summed E-state index contributed by atoms with van der Waals surface area (Å²) in [6.45, 7) is 10.1. The molecule has 0 aromatic heterocycles. The van der Waals surface area contributed by atoms with E-state index in [-0.39, 0.29) is 0 Å². The quantitative estimate of drug-likeness (QED) is 0.656. The summed E-state index contributed by atoms with van der Waals surface area (Å²) in [5.41, 5.74) is 0. The van der Waals surface area contributed by atoms with Crippen LogP contribution in [0.5, 0.6) is 0 Å². The summed E-state index contributed by atoms with van der Waals surface area (Å²) in [6, 6.07) is 0.604. The van der Waals surface area contributed by atoms with E-state index in [1.807, 2.05) is 11.8 Å². The predicted molar refractivity (Wildman–Crippen MR) is 65.9 cm³/mol. The molecule has 14 heavy (non-hydrogen) atoms. The molecule has 0 spiro atoms. The minimum absolute atomic E-state index is 0.308. The van der Waals surface area contributed by atoms with Gasteiger partial charge in [-0.3, -0.25) is 0 Å². The van der Waals surface area contributed by atoms with Gasteiger partial charge in [0.2, 0.25) is 0 Å². The highest BCUT2D eigenvalue weighted by Gasteiger charge is 2.09. The topological polar surface area (TPSA) is 32.3 Å². The molecule has 3 heteroatoms. The highest BCUT2D eigenvalue weighted by molar-refractivity contribution is 7.99. The lowest BCUT2D eigenvalue weighted by Gasteiger charge is -2.18. The van der Waals surface area contributed by atoms with Crippen LogP contribution in [0.25, 0.3) is 0 Å². The Bertz CT molecular complexity index is 132. The first-order valence-electron chi connectivity index (χ1n) is 5.55. The normalized spacial score (nSPS) is 17.8. The van der Waals surface area contributed by atoms with Gasteiger partial charge in [0.05, 0.1) is 0 Å². The van der Waals surface area contributed by atoms with Crippen LogP contribution in [0.15, 0.2) is 0 Å². The number of aliphatic hydroxyl groups excluding tert-OH is 1. The molecule has 0 bridgehead atoms. The third-order valence-electron chi connectivity index (χ3n) is 2.22. The monoisotopic (exact) mass is 219 g/mol. The lowest BCUT2D eigenvalue weighted by Crippen LogP contribution is -2.28. The lowest BCUT2D eigenvalue weighted by atomic mass is 10.2. The Balaban J connectivity index is 3.49. The zero-order valence-electron chi connectivity index (χ0n) is 9.92. The molecule has 0 radical (unpaired) electrons. The third-order valence-corrected chi connectivity index (χ3v) is 3.74. The molecular formula is C11H25NOS. The van der Waals surface area contributed by atoms with Gasteiger partial charge in [0.15, 0.2) is 0 Å². The van der Waals surface area contributed by atoms with E-state index in [4.69, 9.17) is 5.11 Å². The van der Waals surface area contributed by atoms with Crippen LogP contribution in [-0.4, -0.2) is 35.3 Å². The summed E-state index contributed by atoms with van der Waals surface area (Å²) in [7, 11) is 0. The highest BCUT2D eigenvalue weighted by atomic mass is 32.2. The maximum atomic E-state index is 8.89. The molecule has 2 N–H and O–H groups in total. The van der Waals surface area contributed by atoms with E-state index >= 15 is 0 Å². The van der Waals surface area contributed by atoms with Crippen molar-refractivity contribution in [2.45, 2.75) is 45.4 Å². The molecule has 0 amide bonds. The minimum Gasteiger partial charge on any atom is -0.396 e. The first kappa shape index (κ1) is 14.3. The van der Waals surface area contributed by atoms with Crippen LogP contribution in [0.4, 0.5) is 0 Å². The average Bonchev–Trinajstić information content (AvgIpc) is 2.14. The van der Waals surface area contributed by atoms with Crippen LogP contribution < -0.4 is 5.32 Å². The van der Waals surface area contributed by atoms with E-state index < -0.39 is 0 Å². The van der Waals surface area contributed by atoms with Gasteiger partial charge in [-0.15, -0.1) is 0 Å². The smallest absolute Gasteiger partial charge is 0.0464 e. The van der Waals surface area contributed by atoms with Crippen molar-refractivity contribution in [3.05, 3.63) is 0 Å². The Hall–Kier alpha value is 0.270. The van der Waals surface area contributed by atoms with Gasteiger partial charge in [0, 0.05) is 17.9 Å². The molecule has 0 aliphatic heterocycles. The Morgan fingerprint density at radius 1 is 1.29 bits per heavy atom. The summed E-state index contributed by atoms with van der Waals surface area (Å²) < 4.78 is 0.